The molecule has 3 heterocycles. The molecule has 11 heteroatoms. The van der Waals surface area contributed by atoms with Gasteiger partial charge in [0.05, 0.1) is 23.6 Å². The molecule has 7 rings (SSSR count). The molecular formula is C29H25NO10. The van der Waals surface area contributed by atoms with Crippen molar-refractivity contribution in [3.63, 3.8) is 0 Å². The van der Waals surface area contributed by atoms with Crippen LogP contribution in [0.15, 0.2) is 65.7 Å². The van der Waals surface area contributed by atoms with Crippen molar-refractivity contribution in [2.45, 2.75) is 42.4 Å². The number of para-hydroxylation sites is 1. The minimum absolute atomic E-state index is 0.0201. The zero-order valence-corrected chi connectivity index (χ0v) is 20.7. The third kappa shape index (κ3) is 3.37. The minimum atomic E-state index is -1.86. The van der Waals surface area contributed by atoms with Gasteiger partial charge in [-0.3, -0.25) is 4.99 Å². The van der Waals surface area contributed by atoms with Gasteiger partial charge in [-0.05, 0) is 23.8 Å². The van der Waals surface area contributed by atoms with E-state index in [1.54, 1.807) is 12.1 Å². The van der Waals surface area contributed by atoms with Crippen molar-refractivity contribution in [2.24, 2.45) is 4.99 Å². The van der Waals surface area contributed by atoms with E-state index in [1.165, 1.54) is 24.3 Å². The Labute approximate surface area is 227 Å². The van der Waals surface area contributed by atoms with Crippen LogP contribution < -0.4 is 4.74 Å². The van der Waals surface area contributed by atoms with Gasteiger partial charge in [0.2, 0.25) is 0 Å². The van der Waals surface area contributed by atoms with Gasteiger partial charge in [-0.2, -0.15) is 0 Å². The second-order valence-electron chi connectivity index (χ2n) is 10.2. The van der Waals surface area contributed by atoms with E-state index in [9.17, 15) is 35.7 Å². The second-order valence-corrected chi connectivity index (χ2v) is 10.2. The molecule has 3 aliphatic heterocycles. The highest BCUT2D eigenvalue weighted by Crippen LogP contribution is 2.65. The number of aliphatic imine (C=N–C) groups is 1. The number of fused-ring (bicyclic) bond motifs is 7. The highest BCUT2D eigenvalue weighted by Gasteiger charge is 2.65. The van der Waals surface area contributed by atoms with Crippen LogP contribution in [0.1, 0.15) is 22.6 Å². The fourth-order valence-electron chi connectivity index (χ4n) is 6.11. The van der Waals surface area contributed by atoms with E-state index in [1.807, 2.05) is 24.3 Å². The van der Waals surface area contributed by atoms with Crippen LogP contribution >= 0.6 is 0 Å². The van der Waals surface area contributed by atoms with Gasteiger partial charge in [-0.1, -0.05) is 30.3 Å². The molecule has 3 aromatic carbocycles. The molecule has 0 amide bonds. The van der Waals surface area contributed by atoms with Gasteiger partial charge in [0.15, 0.2) is 6.29 Å². The maximum atomic E-state index is 11.0. The Morgan fingerprint density at radius 2 is 1.62 bits per heavy atom. The first-order valence-electron chi connectivity index (χ1n) is 12.7. The van der Waals surface area contributed by atoms with Gasteiger partial charge in [0.1, 0.15) is 53.3 Å². The highest BCUT2D eigenvalue weighted by atomic mass is 16.8. The van der Waals surface area contributed by atoms with Crippen LogP contribution in [0, 0.1) is 0 Å². The SMILES string of the molecule is OC[C@H]1O[C@@H](O[C@@]23Oc4cc(O)cc(O)c4[C@@H]2C2=Nc4ccccc4C2=C3c2ccc(O)cc2)[C@H](O)[C@@H](O)[C@@H]1O. The molecule has 11 nitrogen and oxygen atoms in total. The van der Waals surface area contributed by atoms with E-state index < -0.39 is 49.0 Å². The third-order valence-electron chi connectivity index (χ3n) is 7.87. The number of rotatable bonds is 4. The van der Waals surface area contributed by atoms with Gasteiger partial charge in [0.25, 0.3) is 5.79 Å². The molecule has 0 aromatic heterocycles. The van der Waals surface area contributed by atoms with Crippen molar-refractivity contribution >= 4 is 22.5 Å². The average molecular weight is 548 g/mol. The number of hydrogen-bond donors (Lipinski definition) is 7. The van der Waals surface area contributed by atoms with Crippen LogP contribution in [-0.2, 0) is 9.47 Å². The lowest BCUT2D eigenvalue weighted by Crippen LogP contribution is -2.61. The Balaban J connectivity index is 1.48. The molecule has 7 N–H and O–H groups in total. The molecule has 206 valence electrons. The fourth-order valence-corrected chi connectivity index (χ4v) is 6.11. The number of aromatic hydroxyl groups is 3. The van der Waals surface area contributed by atoms with E-state index in [0.29, 0.717) is 28.1 Å². The molecule has 0 unspecified atom stereocenters. The minimum Gasteiger partial charge on any atom is -0.508 e. The number of benzene rings is 3. The Kier molecular flexibility index (Phi) is 5.48. The fraction of sp³-hybridized carbons (Fsp3) is 0.276. The summed E-state index contributed by atoms with van der Waals surface area (Å²) in [5.74, 6) is -3.20. The number of phenols is 3. The Morgan fingerprint density at radius 3 is 2.38 bits per heavy atom. The normalized spacial score (nSPS) is 31.8. The topological polar surface area (TPSA) is 182 Å². The quantitative estimate of drug-likeness (QED) is 0.253. The van der Waals surface area contributed by atoms with Gasteiger partial charge in [-0.25, -0.2) is 0 Å². The van der Waals surface area contributed by atoms with Crippen LogP contribution in [0.5, 0.6) is 23.0 Å². The summed E-state index contributed by atoms with van der Waals surface area (Å²) in [6.45, 7) is -0.664. The van der Waals surface area contributed by atoms with Crippen LogP contribution in [-0.4, -0.2) is 84.6 Å². The van der Waals surface area contributed by atoms with Crippen LogP contribution in [0.2, 0.25) is 0 Å². The van der Waals surface area contributed by atoms with E-state index >= 15 is 0 Å². The highest BCUT2D eigenvalue weighted by molar-refractivity contribution is 6.41. The molecule has 3 aromatic rings. The Bertz CT molecular complexity index is 1580. The largest absolute Gasteiger partial charge is 0.508 e. The summed E-state index contributed by atoms with van der Waals surface area (Å²) < 4.78 is 18.7. The van der Waals surface area contributed by atoms with E-state index in [-0.39, 0.29) is 28.6 Å². The third-order valence-corrected chi connectivity index (χ3v) is 7.87. The first kappa shape index (κ1) is 25.0. The maximum Gasteiger partial charge on any atom is 0.253 e. The van der Waals surface area contributed by atoms with Gasteiger partial charge in [0, 0.05) is 28.8 Å². The zero-order chi connectivity index (χ0) is 27.9. The molecule has 0 radical (unpaired) electrons. The molecule has 40 heavy (non-hydrogen) atoms. The zero-order valence-electron chi connectivity index (χ0n) is 20.7. The van der Waals surface area contributed by atoms with Crippen molar-refractivity contribution in [2.75, 3.05) is 6.61 Å². The average Bonchev–Trinajstić information content (AvgIpc) is 3.53. The van der Waals surface area contributed by atoms with Crippen LogP contribution in [0.4, 0.5) is 5.69 Å². The summed E-state index contributed by atoms with van der Waals surface area (Å²) in [7, 11) is 0. The maximum absolute atomic E-state index is 11.0. The predicted molar refractivity (Wildman–Crippen MR) is 139 cm³/mol. The number of aliphatic hydroxyl groups is 4. The molecular weight excluding hydrogens is 522 g/mol. The number of aliphatic hydroxyl groups excluding tert-OH is 4. The molecule has 1 fully saturated rings. The van der Waals surface area contributed by atoms with Crippen molar-refractivity contribution in [1.29, 1.82) is 0 Å². The predicted octanol–water partition coefficient (Wildman–Crippen LogP) is 1.50. The van der Waals surface area contributed by atoms with E-state index in [0.717, 1.165) is 5.56 Å². The van der Waals surface area contributed by atoms with E-state index in [4.69, 9.17) is 19.2 Å². The van der Waals surface area contributed by atoms with Crippen molar-refractivity contribution in [1.82, 2.24) is 0 Å². The summed E-state index contributed by atoms with van der Waals surface area (Å²) in [5, 5.41) is 72.8. The van der Waals surface area contributed by atoms with Gasteiger partial charge < -0.3 is 50.0 Å². The van der Waals surface area contributed by atoms with Crippen molar-refractivity contribution in [3.8, 4) is 23.0 Å². The molecule has 0 bridgehead atoms. The number of phenolic OH excluding ortho intramolecular Hbond substituents is 3. The lowest BCUT2D eigenvalue weighted by atomic mass is 9.88. The summed E-state index contributed by atoms with van der Waals surface area (Å²) in [6.07, 6.45) is -7.92. The summed E-state index contributed by atoms with van der Waals surface area (Å²) in [4.78, 5) is 4.87. The molecule has 1 aliphatic carbocycles. The Morgan fingerprint density at radius 1 is 0.875 bits per heavy atom. The van der Waals surface area contributed by atoms with E-state index in [2.05, 4.69) is 0 Å². The number of nitrogens with zero attached hydrogens (tertiary/aromatic N) is 1. The molecule has 4 aliphatic rings. The summed E-state index contributed by atoms with van der Waals surface area (Å²) in [5.41, 5.74) is 3.85. The lowest BCUT2D eigenvalue weighted by molar-refractivity contribution is -0.340. The molecule has 1 saturated heterocycles. The molecule has 7 atom stereocenters. The summed E-state index contributed by atoms with van der Waals surface area (Å²) in [6, 6.07) is 16.2. The number of ether oxygens (including phenoxy) is 3. The standard InChI is InChI=1S/C29H25NO10/c31-11-19-25(35)26(36)27(37)28(38-19)40-29-22(12-5-7-13(32)8-6-12)20-15-3-1-2-4-16(15)30-24(20)23(29)21-17(34)9-14(33)10-18(21)39-29/h1-10,19,23,25-28,31-37H,11H2/t19-,23-,25-,26+,27-,28+,29-/m1/s1. The summed E-state index contributed by atoms with van der Waals surface area (Å²) >= 11 is 0. The molecule has 0 spiro atoms. The monoisotopic (exact) mass is 547 g/mol. The van der Waals surface area contributed by atoms with Crippen LogP contribution in [0.25, 0.3) is 11.1 Å². The smallest absolute Gasteiger partial charge is 0.253 e. The second kappa shape index (κ2) is 8.77. The number of allylic oxidation sites excluding steroid dienone is 1. The number of hydrogen-bond acceptors (Lipinski definition) is 11. The Hall–Kier alpha value is -3.97. The van der Waals surface area contributed by atoms with Crippen molar-refractivity contribution in [3.05, 3.63) is 77.4 Å². The molecule has 0 saturated carbocycles. The van der Waals surface area contributed by atoms with Crippen LogP contribution in [0.3, 0.4) is 0 Å². The van der Waals surface area contributed by atoms with Gasteiger partial charge in [-0.15, -0.1) is 0 Å². The lowest BCUT2D eigenvalue weighted by Gasteiger charge is -2.43. The van der Waals surface area contributed by atoms with Gasteiger partial charge >= 0.3 is 0 Å². The first-order chi connectivity index (χ1) is 19.2. The first-order valence-corrected chi connectivity index (χ1v) is 12.7. The van der Waals surface area contributed by atoms with Crippen molar-refractivity contribution < 1.29 is 50.0 Å².